The zero-order valence-corrected chi connectivity index (χ0v) is 17.1. The molecule has 0 bridgehead atoms. The van der Waals surface area contributed by atoms with Crippen LogP contribution in [0.2, 0.25) is 0 Å². The third-order valence-electron chi connectivity index (χ3n) is 6.05. The van der Waals surface area contributed by atoms with Crippen molar-refractivity contribution in [2.24, 2.45) is 5.92 Å². The molecule has 0 saturated heterocycles. The van der Waals surface area contributed by atoms with Gasteiger partial charge in [-0.1, -0.05) is 86.6 Å². The molecule has 1 heterocycles. The Morgan fingerprint density at radius 3 is 2.18 bits per heavy atom. The van der Waals surface area contributed by atoms with E-state index in [1.807, 2.05) is 0 Å². The maximum Gasteiger partial charge on any atom is 0.0408 e. The van der Waals surface area contributed by atoms with Crippen molar-refractivity contribution in [3.05, 3.63) is 101 Å². The van der Waals surface area contributed by atoms with E-state index in [-0.39, 0.29) is 0 Å². The molecule has 1 atom stereocenters. The predicted molar refractivity (Wildman–Crippen MR) is 120 cm³/mol. The molecule has 0 radical (unpaired) electrons. The highest BCUT2D eigenvalue weighted by Crippen LogP contribution is 2.40. The van der Waals surface area contributed by atoms with Crippen LogP contribution in [0.3, 0.4) is 0 Å². The van der Waals surface area contributed by atoms with Crippen LogP contribution in [0.5, 0.6) is 0 Å². The van der Waals surface area contributed by atoms with E-state index in [0.29, 0.717) is 11.8 Å². The van der Waals surface area contributed by atoms with Crippen LogP contribution < -0.4 is 5.32 Å². The summed E-state index contributed by atoms with van der Waals surface area (Å²) in [5.74, 6) is 1.33. The number of rotatable bonds is 6. The Balaban J connectivity index is 1.68. The van der Waals surface area contributed by atoms with Crippen molar-refractivity contribution in [1.82, 2.24) is 0 Å². The van der Waals surface area contributed by atoms with Gasteiger partial charge in [-0.05, 0) is 65.3 Å². The first-order valence-electron chi connectivity index (χ1n) is 10.7. The van der Waals surface area contributed by atoms with Crippen molar-refractivity contribution in [3.63, 3.8) is 0 Å². The standard InChI is InChI=1S/C27H31N/c1-20(2)25-15-16-28-27-24(14-13-21-9-5-3-6-10-21)18-23(19-26(25)27)17-22-11-7-4-8-12-22/h3-12,18-20,25,28H,13-17H2,1-2H3. The average Bonchev–Trinajstić information content (AvgIpc) is 2.73. The van der Waals surface area contributed by atoms with E-state index in [4.69, 9.17) is 0 Å². The van der Waals surface area contributed by atoms with Crippen LogP contribution in [0.1, 0.15) is 54.0 Å². The van der Waals surface area contributed by atoms with Gasteiger partial charge in [0.25, 0.3) is 0 Å². The van der Waals surface area contributed by atoms with Crippen molar-refractivity contribution in [1.29, 1.82) is 0 Å². The molecule has 0 fully saturated rings. The number of hydrogen-bond donors (Lipinski definition) is 1. The van der Waals surface area contributed by atoms with Gasteiger partial charge in [-0.15, -0.1) is 0 Å². The Kier molecular flexibility index (Phi) is 5.81. The molecule has 1 nitrogen and oxygen atoms in total. The molecule has 4 rings (SSSR count). The molecule has 3 aromatic rings. The smallest absolute Gasteiger partial charge is 0.0408 e. The monoisotopic (exact) mass is 369 g/mol. The summed E-state index contributed by atoms with van der Waals surface area (Å²) < 4.78 is 0. The van der Waals surface area contributed by atoms with Crippen LogP contribution in [-0.2, 0) is 19.3 Å². The third-order valence-corrected chi connectivity index (χ3v) is 6.05. The maximum absolute atomic E-state index is 3.74. The fourth-order valence-corrected chi connectivity index (χ4v) is 4.56. The summed E-state index contributed by atoms with van der Waals surface area (Å²) >= 11 is 0. The van der Waals surface area contributed by atoms with Crippen LogP contribution in [0.25, 0.3) is 0 Å². The molecule has 1 aliphatic heterocycles. The van der Waals surface area contributed by atoms with Crippen LogP contribution in [0, 0.1) is 5.92 Å². The number of nitrogens with one attached hydrogen (secondary N) is 1. The lowest BCUT2D eigenvalue weighted by Gasteiger charge is -2.32. The van der Waals surface area contributed by atoms with E-state index >= 15 is 0 Å². The van der Waals surface area contributed by atoms with Crippen LogP contribution >= 0.6 is 0 Å². The van der Waals surface area contributed by atoms with Gasteiger partial charge in [-0.2, -0.15) is 0 Å². The second-order valence-corrected chi connectivity index (χ2v) is 8.43. The lowest BCUT2D eigenvalue weighted by molar-refractivity contribution is 0.468. The summed E-state index contributed by atoms with van der Waals surface area (Å²) in [5, 5.41) is 3.74. The number of aryl methyl sites for hydroxylation is 2. The highest BCUT2D eigenvalue weighted by Gasteiger charge is 2.25. The SMILES string of the molecule is CC(C)C1CCNc2c(CCc3ccccc3)cc(Cc3ccccc3)cc21. The average molecular weight is 370 g/mol. The zero-order valence-electron chi connectivity index (χ0n) is 17.1. The fraction of sp³-hybridized carbons (Fsp3) is 0.333. The van der Waals surface area contributed by atoms with E-state index in [1.54, 1.807) is 0 Å². The minimum Gasteiger partial charge on any atom is -0.385 e. The summed E-state index contributed by atoms with van der Waals surface area (Å²) in [6.45, 7) is 5.83. The topological polar surface area (TPSA) is 12.0 Å². The highest BCUT2D eigenvalue weighted by molar-refractivity contribution is 5.63. The van der Waals surface area contributed by atoms with E-state index in [0.717, 1.165) is 25.8 Å². The number of fused-ring (bicyclic) bond motifs is 1. The Morgan fingerprint density at radius 1 is 0.821 bits per heavy atom. The van der Waals surface area contributed by atoms with Gasteiger partial charge in [0.15, 0.2) is 0 Å². The first kappa shape index (κ1) is 18.8. The quantitative estimate of drug-likeness (QED) is 0.515. The Hall–Kier alpha value is -2.54. The van der Waals surface area contributed by atoms with E-state index in [2.05, 4.69) is 92.0 Å². The molecule has 144 valence electrons. The van der Waals surface area contributed by atoms with Crippen molar-refractivity contribution in [3.8, 4) is 0 Å². The molecule has 1 N–H and O–H groups in total. The van der Waals surface area contributed by atoms with E-state index in [9.17, 15) is 0 Å². The minimum atomic E-state index is 0.655. The maximum atomic E-state index is 3.74. The lowest BCUT2D eigenvalue weighted by Crippen LogP contribution is -2.22. The molecular formula is C27H31N. The van der Waals surface area contributed by atoms with Crippen molar-refractivity contribution in [2.75, 3.05) is 11.9 Å². The van der Waals surface area contributed by atoms with E-state index < -0.39 is 0 Å². The molecule has 1 aliphatic rings. The van der Waals surface area contributed by atoms with Gasteiger partial charge < -0.3 is 5.32 Å². The molecule has 0 aliphatic carbocycles. The van der Waals surface area contributed by atoms with Crippen LogP contribution in [-0.4, -0.2) is 6.54 Å². The normalized spacial score (nSPS) is 15.9. The van der Waals surface area contributed by atoms with Crippen molar-refractivity contribution < 1.29 is 0 Å². The molecule has 28 heavy (non-hydrogen) atoms. The Morgan fingerprint density at radius 2 is 1.50 bits per heavy atom. The Bertz CT molecular complexity index is 896. The molecule has 0 spiro atoms. The third kappa shape index (κ3) is 4.30. The number of benzene rings is 3. The molecule has 1 unspecified atom stereocenters. The van der Waals surface area contributed by atoms with Gasteiger partial charge in [0.1, 0.15) is 0 Å². The summed E-state index contributed by atoms with van der Waals surface area (Å²) in [5.41, 5.74) is 8.69. The molecule has 0 saturated carbocycles. The van der Waals surface area contributed by atoms with E-state index in [1.165, 1.54) is 39.9 Å². The highest BCUT2D eigenvalue weighted by atomic mass is 14.9. The second kappa shape index (κ2) is 8.65. The Labute approximate surface area is 169 Å². The molecule has 0 amide bonds. The second-order valence-electron chi connectivity index (χ2n) is 8.43. The van der Waals surface area contributed by atoms with Gasteiger partial charge in [-0.3, -0.25) is 0 Å². The van der Waals surface area contributed by atoms with Gasteiger partial charge >= 0.3 is 0 Å². The van der Waals surface area contributed by atoms with Crippen molar-refractivity contribution >= 4 is 5.69 Å². The first-order valence-corrected chi connectivity index (χ1v) is 10.7. The molecule has 1 heteroatoms. The van der Waals surface area contributed by atoms with Gasteiger partial charge in [0, 0.05) is 12.2 Å². The first-order chi connectivity index (χ1) is 13.7. The van der Waals surface area contributed by atoms with Gasteiger partial charge in [0.05, 0.1) is 0 Å². The number of hydrogen-bond acceptors (Lipinski definition) is 1. The predicted octanol–water partition coefficient (Wildman–Crippen LogP) is 6.62. The van der Waals surface area contributed by atoms with Gasteiger partial charge in [-0.25, -0.2) is 0 Å². The van der Waals surface area contributed by atoms with Crippen LogP contribution in [0.15, 0.2) is 72.8 Å². The molecule has 0 aromatic heterocycles. The van der Waals surface area contributed by atoms with Gasteiger partial charge in [0.2, 0.25) is 0 Å². The summed E-state index contributed by atoms with van der Waals surface area (Å²) in [6.07, 6.45) is 4.43. The zero-order chi connectivity index (χ0) is 19.3. The van der Waals surface area contributed by atoms with Crippen molar-refractivity contribution in [2.45, 2.75) is 45.4 Å². The molecular weight excluding hydrogens is 338 g/mol. The molecule has 3 aromatic carbocycles. The summed E-state index contributed by atoms with van der Waals surface area (Å²) in [6, 6.07) is 26.6. The largest absolute Gasteiger partial charge is 0.385 e. The summed E-state index contributed by atoms with van der Waals surface area (Å²) in [7, 11) is 0. The lowest BCUT2D eigenvalue weighted by atomic mass is 9.79. The summed E-state index contributed by atoms with van der Waals surface area (Å²) in [4.78, 5) is 0. The fourth-order valence-electron chi connectivity index (χ4n) is 4.56. The minimum absolute atomic E-state index is 0.655. The van der Waals surface area contributed by atoms with Crippen LogP contribution in [0.4, 0.5) is 5.69 Å². The number of anilines is 1.